The first-order valence-electron chi connectivity index (χ1n) is 7.02. The van der Waals surface area contributed by atoms with Crippen LogP contribution in [0.2, 0.25) is 0 Å². The molecule has 0 amide bonds. The Morgan fingerprint density at radius 1 is 1.44 bits per heavy atom. The highest BCUT2D eigenvalue weighted by atomic mass is 16.5. The van der Waals surface area contributed by atoms with Crippen LogP contribution in [0.1, 0.15) is 40.5 Å². The average molecular weight is 256 g/mol. The monoisotopic (exact) mass is 256 g/mol. The van der Waals surface area contributed by atoms with Gasteiger partial charge in [0.05, 0.1) is 7.11 Å². The van der Waals surface area contributed by atoms with Crippen molar-refractivity contribution < 1.29 is 9.53 Å². The number of hydrogen-bond donors (Lipinski definition) is 1. The Balaban J connectivity index is 2.44. The third-order valence-electron chi connectivity index (χ3n) is 3.64. The number of hydrogen-bond acceptors (Lipinski definition) is 4. The van der Waals surface area contributed by atoms with E-state index in [2.05, 4.69) is 37.9 Å². The minimum Gasteiger partial charge on any atom is -0.468 e. The molecule has 0 aliphatic carbocycles. The quantitative estimate of drug-likeness (QED) is 0.734. The zero-order valence-electron chi connectivity index (χ0n) is 12.4. The van der Waals surface area contributed by atoms with Gasteiger partial charge in [-0.15, -0.1) is 0 Å². The molecule has 0 spiro atoms. The fourth-order valence-electron chi connectivity index (χ4n) is 2.81. The molecule has 1 aliphatic rings. The second-order valence-corrected chi connectivity index (χ2v) is 5.87. The van der Waals surface area contributed by atoms with Gasteiger partial charge in [0.2, 0.25) is 0 Å². The lowest BCUT2D eigenvalue weighted by atomic mass is 10.1. The Morgan fingerprint density at radius 2 is 2.11 bits per heavy atom. The molecule has 106 valence electrons. The van der Waals surface area contributed by atoms with Gasteiger partial charge in [0.25, 0.3) is 0 Å². The number of nitrogens with zero attached hydrogens (tertiary/aromatic N) is 1. The van der Waals surface area contributed by atoms with Crippen LogP contribution in [0.3, 0.4) is 0 Å². The van der Waals surface area contributed by atoms with Gasteiger partial charge in [-0.3, -0.25) is 4.79 Å². The van der Waals surface area contributed by atoms with Crippen LogP contribution >= 0.6 is 0 Å². The normalized spacial score (nSPS) is 26.6. The lowest BCUT2D eigenvalue weighted by Crippen LogP contribution is -2.44. The smallest absolute Gasteiger partial charge is 0.322 e. The summed E-state index contributed by atoms with van der Waals surface area (Å²) >= 11 is 0. The SMILES string of the molecule is COC(=O)C(CCN1CC(C)CC1C)NC(C)C. The van der Waals surface area contributed by atoms with Crippen LogP contribution in [0.25, 0.3) is 0 Å². The van der Waals surface area contributed by atoms with Crippen LogP contribution in [0.4, 0.5) is 0 Å². The summed E-state index contributed by atoms with van der Waals surface area (Å²) in [4.78, 5) is 14.2. The Morgan fingerprint density at radius 3 is 2.56 bits per heavy atom. The molecule has 0 bridgehead atoms. The molecule has 1 saturated heterocycles. The van der Waals surface area contributed by atoms with E-state index in [4.69, 9.17) is 4.74 Å². The number of nitrogens with one attached hydrogen (secondary N) is 1. The maximum absolute atomic E-state index is 11.7. The molecular weight excluding hydrogens is 228 g/mol. The Kier molecular flexibility index (Phi) is 6.09. The molecule has 0 aromatic heterocycles. The summed E-state index contributed by atoms with van der Waals surface area (Å²) in [5, 5.41) is 3.28. The van der Waals surface area contributed by atoms with Crippen molar-refractivity contribution in [3.63, 3.8) is 0 Å². The Labute approximate surface area is 111 Å². The second-order valence-electron chi connectivity index (χ2n) is 5.87. The molecule has 1 N–H and O–H groups in total. The first kappa shape index (κ1) is 15.4. The van der Waals surface area contributed by atoms with E-state index in [1.807, 2.05) is 0 Å². The van der Waals surface area contributed by atoms with E-state index in [0.29, 0.717) is 12.1 Å². The van der Waals surface area contributed by atoms with Crippen LogP contribution in [-0.2, 0) is 9.53 Å². The first-order chi connectivity index (χ1) is 8.43. The predicted molar refractivity (Wildman–Crippen MR) is 73.5 cm³/mol. The highest BCUT2D eigenvalue weighted by Gasteiger charge is 2.28. The molecule has 1 heterocycles. The minimum atomic E-state index is -0.182. The van der Waals surface area contributed by atoms with E-state index in [0.717, 1.165) is 25.4 Å². The van der Waals surface area contributed by atoms with Gasteiger partial charge in [0, 0.05) is 25.2 Å². The summed E-state index contributed by atoms with van der Waals surface area (Å²) in [6.07, 6.45) is 2.09. The lowest BCUT2D eigenvalue weighted by molar-refractivity contribution is -0.143. The molecule has 3 atom stereocenters. The summed E-state index contributed by atoms with van der Waals surface area (Å²) < 4.78 is 4.86. The van der Waals surface area contributed by atoms with Gasteiger partial charge in [0.15, 0.2) is 0 Å². The topological polar surface area (TPSA) is 41.6 Å². The van der Waals surface area contributed by atoms with E-state index in [9.17, 15) is 4.79 Å². The van der Waals surface area contributed by atoms with Crippen molar-refractivity contribution in [1.29, 1.82) is 0 Å². The van der Waals surface area contributed by atoms with Crippen molar-refractivity contribution in [2.45, 2.75) is 58.7 Å². The van der Waals surface area contributed by atoms with Crippen molar-refractivity contribution in [3.05, 3.63) is 0 Å². The van der Waals surface area contributed by atoms with E-state index in [1.165, 1.54) is 13.5 Å². The van der Waals surface area contributed by atoms with Gasteiger partial charge in [0.1, 0.15) is 6.04 Å². The standard InChI is InChI=1S/C14H28N2O2/c1-10(2)15-13(14(17)18-5)6-7-16-9-11(3)8-12(16)4/h10-13,15H,6-9H2,1-5H3. The molecule has 1 aliphatic heterocycles. The van der Waals surface area contributed by atoms with Gasteiger partial charge in [-0.25, -0.2) is 0 Å². The maximum atomic E-state index is 11.7. The molecular formula is C14H28N2O2. The zero-order chi connectivity index (χ0) is 13.7. The summed E-state index contributed by atoms with van der Waals surface area (Å²) in [7, 11) is 1.46. The van der Waals surface area contributed by atoms with E-state index < -0.39 is 0 Å². The van der Waals surface area contributed by atoms with Gasteiger partial charge >= 0.3 is 5.97 Å². The van der Waals surface area contributed by atoms with Crippen LogP contribution in [0.15, 0.2) is 0 Å². The molecule has 1 rings (SSSR count). The fourth-order valence-corrected chi connectivity index (χ4v) is 2.81. The molecule has 0 aromatic rings. The van der Waals surface area contributed by atoms with Crippen LogP contribution in [0, 0.1) is 5.92 Å². The summed E-state index contributed by atoms with van der Waals surface area (Å²) in [6.45, 7) is 10.8. The van der Waals surface area contributed by atoms with E-state index in [-0.39, 0.29) is 12.0 Å². The molecule has 0 saturated carbocycles. The molecule has 0 aromatic carbocycles. The van der Waals surface area contributed by atoms with Crippen molar-refractivity contribution in [2.75, 3.05) is 20.2 Å². The minimum absolute atomic E-state index is 0.149. The molecule has 4 nitrogen and oxygen atoms in total. The van der Waals surface area contributed by atoms with Crippen LogP contribution < -0.4 is 5.32 Å². The fraction of sp³-hybridized carbons (Fsp3) is 0.929. The number of methoxy groups -OCH3 is 1. The van der Waals surface area contributed by atoms with Crippen molar-refractivity contribution in [3.8, 4) is 0 Å². The van der Waals surface area contributed by atoms with E-state index in [1.54, 1.807) is 0 Å². The summed E-state index contributed by atoms with van der Waals surface area (Å²) in [5.74, 6) is 0.623. The number of esters is 1. The van der Waals surface area contributed by atoms with Crippen molar-refractivity contribution in [1.82, 2.24) is 10.2 Å². The van der Waals surface area contributed by atoms with Gasteiger partial charge in [-0.1, -0.05) is 20.8 Å². The first-order valence-corrected chi connectivity index (χ1v) is 7.02. The van der Waals surface area contributed by atoms with Gasteiger partial charge in [-0.2, -0.15) is 0 Å². The van der Waals surface area contributed by atoms with Gasteiger partial charge < -0.3 is 15.0 Å². The average Bonchev–Trinajstić information content (AvgIpc) is 2.61. The summed E-state index contributed by atoms with van der Waals surface area (Å²) in [6, 6.07) is 0.750. The predicted octanol–water partition coefficient (Wildman–Crippen LogP) is 1.65. The summed E-state index contributed by atoms with van der Waals surface area (Å²) in [5.41, 5.74) is 0. The largest absolute Gasteiger partial charge is 0.468 e. The van der Waals surface area contributed by atoms with E-state index >= 15 is 0 Å². The van der Waals surface area contributed by atoms with Crippen LogP contribution in [-0.4, -0.2) is 49.2 Å². The Bertz CT molecular complexity index is 269. The molecule has 3 unspecified atom stereocenters. The number of carbonyl (C=O) groups is 1. The highest BCUT2D eigenvalue weighted by molar-refractivity contribution is 5.75. The third kappa shape index (κ3) is 4.58. The van der Waals surface area contributed by atoms with Crippen LogP contribution in [0.5, 0.6) is 0 Å². The second kappa shape index (κ2) is 7.10. The molecule has 0 radical (unpaired) electrons. The number of ether oxygens (including phenoxy) is 1. The Hall–Kier alpha value is -0.610. The third-order valence-corrected chi connectivity index (χ3v) is 3.64. The number of likely N-dealkylation sites (tertiary alicyclic amines) is 1. The van der Waals surface area contributed by atoms with Crippen molar-refractivity contribution >= 4 is 5.97 Å². The highest BCUT2D eigenvalue weighted by Crippen LogP contribution is 2.22. The molecule has 18 heavy (non-hydrogen) atoms. The molecule has 1 fully saturated rings. The number of rotatable bonds is 6. The zero-order valence-corrected chi connectivity index (χ0v) is 12.4. The van der Waals surface area contributed by atoms with Crippen molar-refractivity contribution in [2.24, 2.45) is 5.92 Å². The van der Waals surface area contributed by atoms with Gasteiger partial charge in [-0.05, 0) is 25.7 Å². The maximum Gasteiger partial charge on any atom is 0.322 e. The lowest BCUT2D eigenvalue weighted by Gasteiger charge is -2.25. The number of carbonyl (C=O) groups excluding carboxylic acids is 1. The molecule has 4 heteroatoms.